The molecule has 1 atom stereocenters. The lowest BCUT2D eigenvalue weighted by atomic mass is 10.3. The van der Waals surface area contributed by atoms with Gasteiger partial charge in [-0.1, -0.05) is 22.0 Å². The molecule has 5 nitrogen and oxygen atoms in total. The average molecular weight is 316 g/mol. The fraction of sp³-hybridized carbons (Fsp3) is 0.333. The van der Waals surface area contributed by atoms with E-state index in [1.807, 2.05) is 12.1 Å². The van der Waals surface area contributed by atoms with Crippen LogP contribution < -0.4 is 10.5 Å². The van der Waals surface area contributed by atoms with E-state index in [9.17, 15) is 9.59 Å². The van der Waals surface area contributed by atoms with Crippen molar-refractivity contribution in [2.24, 2.45) is 5.73 Å². The second-order valence-electron chi connectivity index (χ2n) is 3.59. The monoisotopic (exact) mass is 315 g/mol. The van der Waals surface area contributed by atoms with Crippen LogP contribution in [-0.2, 0) is 14.3 Å². The molecule has 0 saturated carbocycles. The molecule has 0 aliphatic carbocycles. The highest BCUT2D eigenvalue weighted by Gasteiger charge is 2.14. The third kappa shape index (κ3) is 5.18. The molecule has 6 heteroatoms. The quantitative estimate of drug-likeness (QED) is 0.809. The summed E-state index contributed by atoms with van der Waals surface area (Å²) >= 11 is 3.31. The zero-order chi connectivity index (χ0) is 13.5. The molecule has 1 amide bonds. The molecular weight excluding hydrogens is 302 g/mol. The van der Waals surface area contributed by atoms with E-state index in [4.69, 9.17) is 15.2 Å². The number of primary amides is 1. The average Bonchev–Trinajstić information content (AvgIpc) is 2.28. The first-order valence-electron chi connectivity index (χ1n) is 5.36. The van der Waals surface area contributed by atoms with E-state index in [1.54, 1.807) is 12.1 Å². The standard InChI is InChI=1S/C12H14BrNO4/c1-8(12(14)16)18-11(15)5-6-17-10-4-2-3-9(13)7-10/h2-4,7-8H,5-6H2,1H3,(H2,14,16)/t8-/m0/s1. The minimum atomic E-state index is -0.914. The van der Waals surface area contributed by atoms with Crippen LogP contribution in [0, 0.1) is 0 Å². The molecule has 0 unspecified atom stereocenters. The van der Waals surface area contributed by atoms with Crippen molar-refractivity contribution >= 4 is 27.8 Å². The molecule has 1 aromatic rings. The van der Waals surface area contributed by atoms with Crippen molar-refractivity contribution in [1.29, 1.82) is 0 Å². The Labute approximate surface area is 113 Å². The largest absolute Gasteiger partial charge is 0.493 e. The van der Waals surface area contributed by atoms with Crippen LogP contribution >= 0.6 is 15.9 Å². The summed E-state index contributed by atoms with van der Waals surface area (Å²) < 4.78 is 11.0. The van der Waals surface area contributed by atoms with Crippen LogP contribution in [0.25, 0.3) is 0 Å². The number of rotatable bonds is 6. The number of amides is 1. The van der Waals surface area contributed by atoms with Crippen LogP contribution in [0.15, 0.2) is 28.7 Å². The number of nitrogens with two attached hydrogens (primary N) is 1. The van der Waals surface area contributed by atoms with Gasteiger partial charge in [0.2, 0.25) is 0 Å². The van der Waals surface area contributed by atoms with Gasteiger partial charge in [-0.2, -0.15) is 0 Å². The van der Waals surface area contributed by atoms with Crippen LogP contribution in [0.5, 0.6) is 5.75 Å². The summed E-state index contributed by atoms with van der Waals surface area (Å²) in [5, 5.41) is 0. The van der Waals surface area contributed by atoms with Gasteiger partial charge in [0.1, 0.15) is 5.75 Å². The second-order valence-corrected chi connectivity index (χ2v) is 4.51. The summed E-state index contributed by atoms with van der Waals surface area (Å²) in [5.74, 6) is -0.535. The molecule has 0 bridgehead atoms. The van der Waals surface area contributed by atoms with Crippen molar-refractivity contribution in [2.45, 2.75) is 19.4 Å². The summed E-state index contributed by atoms with van der Waals surface area (Å²) in [4.78, 5) is 22.0. The van der Waals surface area contributed by atoms with Crippen molar-refractivity contribution in [1.82, 2.24) is 0 Å². The number of ether oxygens (including phenoxy) is 2. The minimum Gasteiger partial charge on any atom is -0.493 e. The van der Waals surface area contributed by atoms with Crippen molar-refractivity contribution in [3.05, 3.63) is 28.7 Å². The molecule has 18 heavy (non-hydrogen) atoms. The first-order chi connectivity index (χ1) is 8.49. The van der Waals surface area contributed by atoms with Crippen molar-refractivity contribution < 1.29 is 19.1 Å². The van der Waals surface area contributed by atoms with E-state index in [1.165, 1.54) is 6.92 Å². The number of carbonyl (C=O) groups excluding carboxylic acids is 2. The van der Waals surface area contributed by atoms with E-state index < -0.39 is 18.0 Å². The molecule has 0 fully saturated rings. The zero-order valence-corrected chi connectivity index (χ0v) is 11.5. The maximum absolute atomic E-state index is 11.3. The molecule has 0 spiro atoms. The molecule has 0 aromatic heterocycles. The Bertz CT molecular complexity index is 436. The van der Waals surface area contributed by atoms with Crippen LogP contribution in [0.4, 0.5) is 0 Å². The molecule has 0 aliphatic heterocycles. The Morgan fingerprint density at radius 1 is 1.44 bits per heavy atom. The Morgan fingerprint density at radius 2 is 2.17 bits per heavy atom. The number of esters is 1. The van der Waals surface area contributed by atoms with Gasteiger partial charge >= 0.3 is 5.97 Å². The summed E-state index contributed by atoms with van der Waals surface area (Å²) in [6.45, 7) is 1.61. The van der Waals surface area contributed by atoms with Gasteiger partial charge in [-0.25, -0.2) is 0 Å². The van der Waals surface area contributed by atoms with Gasteiger partial charge in [0.15, 0.2) is 6.10 Å². The summed E-state index contributed by atoms with van der Waals surface area (Å²) in [7, 11) is 0. The molecule has 0 heterocycles. The smallest absolute Gasteiger partial charge is 0.310 e. The van der Waals surface area contributed by atoms with E-state index in [2.05, 4.69) is 15.9 Å². The molecule has 98 valence electrons. The lowest BCUT2D eigenvalue weighted by molar-refractivity contribution is -0.154. The Kier molecular flexibility index (Phi) is 5.64. The van der Waals surface area contributed by atoms with Gasteiger partial charge in [0.25, 0.3) is 5.91 Å². The van der Waals surface area contributed by atoms with E-state index in [0.29, 0.717) is 5.75 Å². The highest BCUT2D eigenvalue weighted by atomic mass is 79.9. The zero-order valence-electron chi connectivity index (χ0n) is 9.89. The molecular formula is C12H14BrNO4. The topological polar surface area (TPSA) is 78.6 Å². The molecule has 1 rings (SSSR count). The number of hydrogen-bond donors (Lipinski definition) is 1. The second kappa shape index (κ2) is 7.00. The lowest BCUT2D eigenvalue weighted by Crippen LogP contribution is -2.30. The maximum atomic E-state index is 11.3. The van der Waals surface area contributed by atoms with Crippen LogP contribution in [0.2, 0.25) is 0 Å². The first-order valence-corrected chi connectivity index (χ1v) is 6.15. The summed E-state index contributed by atoms with van der Waals surface area (Å²) in [6.07, 6.45) is -0.854. The van der Waals surface area contributed by atoms with Gasteiger partial charge in [-0.15, -0.1) is 0 Å². The predicted molar refractivity (Wildman–Crippen MR) is 69.0 cm³/mol. The van der Waals surface area contributed by atoms with Crippen molar-refractivity contribution in [3.63, 3.8) is 0 Å². The van der Waals surface area contributed by atoms with Crippen LogP contribution in [0.3, 0.4) is 0 Å². The van der Waals surface area contributed by atoms with Gasteiger partial charge in [-0.05, 0) is 25.1 Å². The number of benzene rings is 1. The third-order valence-corrected chi connectivity index (χ3v) is 2.57. The SMILES string of the molecule is C[C@H](OC(=O)CCOc1cccc(Br)c1)C(N)=O. The molecule has 0 saturated heterocycles. The normalized spacial score (nSPS) is 11.7. The van der Waals surface area contributed by atoms with E-state index in [-0.39, 0.29) is 13.0 Å². The highest BCUT2D eigenvalue weighted by molar-refractivity contribution is 9.10. The van der Waals surface area contributed by atoms with Gasteiger partial charge in [0, 0.05) is 4.47 Å². The van der Waals surface area contributed by atoms with Gasteiger partial charge < -0.3 is 15.2 Å². The maximum Gasteiger partial charge on any atom is 0.310 e. The van der Waals surface area contributed by atoms with E-state index in [0.717, 1.165) is 4.47 Å². The molecule has 1 aromatic carbocycles. The van der Waals surface area contributed by atoms with Gasteiger partial charge in [-0.3, -0.25) is 9.59 Å². The van der Waals surface area contributed by atoms with Crippen molar-refractivity contribution in [3.8, 4) is 5.75 Å². The van der Waals surface area contributed by atoms with Crippen LogP contribution in [-0.4, -0.2) is 24.6 Å². The van der Waals surface area contributed by atoms with Crippen molar-refractivity contribution in [2.75, 3.05) is 6.61 Å². The molecule has 0 radical (unpaired) electrons. The fourth-order valence-corrected chi connectivity index (χ4v) is 1.50. The van der Waals surface area contributed by atoms with E-state index >= 15 is 0 Å². The Hall–Kier alpha value is -1.56. The molecule has 0 aliphatic rings. The summed E-state index contributed by atoms with van der Waals surface area (Å²) in [5.41, 5.74) is 4.97. The number of halogens is 1. The summed E-state index contributed by atoms with van der Waals surface area (Å²) in [6, 6.07) is 7.27. The lowest BCUT2D eigenvalue weighted by Gasteiger charge is -2.10. The minimum absolute atomic E-state index is 0.0597. The fourth-order valence-electron chi connectivity index (χ4n) is 1.12. The predicted octanol–water partition coefficient (Wildman–Crippen LogP) is 1.63. The number of hydrogen-bond acceptors (Lipinski definition) is 4. The van der Waals surface area contributed by atoms with Crippen LogP contribution in [0.1, 0.15) is 13.3 Å². The highest BCUT2D eigenvalue weighted by Crippen LogP contribution is 2.17. The third-order valence-electron chi connectivity index (χ3n) is 2.08. The Balaban J connectivity index is 2.29. The number of carbonyl (C=O) groups is 2. The Morgan fingerprint density at radius 3 is 2.78 bits per heavy atom. The first kappa shape index (κ1) is 14.5. The van der Waals surface area contributed by atoms with Gasteiger partial charge in [0.05, 0.1) is 13.0 Å². The molecule has 2 N–H and O–H groups in total.